The summed E-state index contributed by atoms with van der Waals surface area (Å²) < 4.78 is 9.84. The van der Waals surface area contributed by atoms with E-state index < -0.39 is 0 Å². The van der Waals surface area contributed by atoms with Crippen molar-refractivity contribution in [3.8, 4) is 11.3 Å². The maximum Gasteiger partial charge on any atom is 0.319 e. The molecule has 0 amide bonds. The summed E-state index contributed by atoms with van der Waals surface area (Å²) in [7, 11) is 2.94. The van der Waals surface area contributed by atoms with Gasteiger partial charge in [0.1, 0.15) is 0 Å². The number of hydrogen-bond acceptors (Lipinski definition) is 8. The van der Waals surface area contributed by atoms with E-state index >= 15 is 0 Å². The number of methoxy groups -OCH3 is 2. The van der Waals surface area contributed by atoms with Crippen molar-refractivity contribution in [3.63, 3.8) is 0 Å². The molecular formula is C26H30N4O3S. The highest BCUT2D eigenvalue weighted by Crippen LogP contribution is 2.32. The van der Waals surface area contributed by atoms with Crippen LogP contribution in [0.5, 0.6) is 0 Å². The molecule has 3 aromatic rings. The van der Waals surface area contributed by atoms with E-state index in [0.717, 1.165) is 54.4 Å². The zero-order valence-electron chi connectivity index (χ0n) is 19.6. The van der Waals surface area contributed by atoms with E-state index in [9.17, 15) is 4.79 Å². The van der Waals surface area contributed by atoms with E-state index in [1.54, 1.807) is 11.3 Å². The average Bonchev–Trinajstić information content (AvgIpc) is 3.38. The molecular weight excluding hydrogens is 448 g/mol. The third kappa shape index (κ3) is 5.81. The van der Waals surface area contributed by atoms with E-state index in [0.29, 0.717) is 12.6 Å². The number of nitrogens with one attached hydrogen (secondary N) is 1. The highest BCUT2D eigenvalue weighted by atomic mass is 32.1. The molecule has 8 heteroatoms. The highest BCUT2D eigenvalue weighted by Gasteiger charge is 2.28. The molecule has 0 spiro atoms. The Hall–Kier alpha value is -3.23. The topological polar surface area (TPSA) is 78.8 Å². The number of ether oxygens (including phenoxy) is 2. The van der Waals surface area contributed by atoms with Crippen LogP contribution in [0.4, 0.5) is 5.13 Å². The van der Waals surface area contributed by atoms with Crippen LogP contribution < -0.4 is 4.90 Å². The minimum Gasteiger partial charge on any atom is -0.481 e. The van der Waals surface area contributed by atoms with E-state index in [1.807, 2.05) is 30.3 Å². The maximum absolute atomic E-state index is 11.7. The lowest BCUT2D eigenvalue weighted by Gasteiger charge is -2.38. The van der Waals surface area contributed by atoms with Crippen molar-refractivity contribution < 1.29 is 14.3 Å². The lowest BCUT2D eigenvalue weighted by Crippen LogP contribution is -2.46. The Balaban J connectivity index is 1.52. The van der Waals surface area contributed by atoms with Crippen molar-refractivity contribution in [3.05, 3.63) is 71.1 Å². The molecule has 1 aliphatic heterocycles. The van der Waals surface area contributed by atoms with Crippen LogP contribution in [0.15, 0.2) is 60.0 Å². The fourth-order valence-corrected chi connectivity index (χ4v) is 5.11. The van der Waals surface area contributed by atoms with Gasteiger partial charge in [0.05, 0.1) is 26.5 Å². The molecule has 1 N–H and O–H groups in total. The minimum absolute atomic E-state index is 0.151. The molecule has 0 saturated carbocycles. The number of thiazole rings is 1. The minimum atomic E-state index is -0.184. The second kappa shape index (κ2) is 11.3. The number of carbonyl (C=O) groups is 1. The zero-order chi connectivity index (χ0) is 23.9. The van der Waals surface area contributed by atoms with Gasteiger partial charge in [-0.15, -0.1) is 11.3 Å². The molecule has 178 valence electrons. The molecule has 1 aliphatic rings. The summed E-state index contributed by atoms with van der Waals surface area (Å²) in [5, 5.41) is 10.9. The first kappa shape index (κ1) is 23.9. The summed E-state index contributed by atoms with van der Waals surface area (Å²) in [6.45, 7) is 2.85. The third-order valence-electron chi connectivity index (χ3n) is 6.16. The van der Waals surface area contributed by atoms with Gasteiger partial charge in [-0.25, -0.2) is 4.98 Å². The second-order valence-corrected chi connectivity index (χ2v) is 9.16. The molecule has 34 heavy (non-hydrogen) atoms. The van der Waals surface area contributed by atoms with Gasteiger partial charge in [-0.05, 0) is 30.5 Å². The molecule has 4 rings (SSSR count). The number of likely N-dealkylation sites (tertiary alicyclic amines) is 1. The van der Waals surface area contributed by atoms with Crippen LogP contribution in [0.25, 0.3) is 11.3 Å². The van der Waals surface area contributed by atoms with E-state index in [4.69, 9.17) is 19.9 Å². The lowest BCUT2D eigenvalue weighted by atomic mass is 10.0. The number of nitrogens with zero attached hydrogens (tertiary/aromatic N) is 3. The van der Waals surface area contributed by atoms with Crippen LogP contribution in [-0.4, -0.2) is 61.6 Å². The monoisotopic (exact) mass is 478 g/mol. The Kier molecular flexibility index (Phi) is 7.92. The summed E-state index contributed by atoms with van der Waals surface area (Å²) in [6, 6.07) is 18.6. The quantitative estimate of drug-likeness (QED) is 0.293. The standard InChI is InChI=1S/C26H30N4O3S/c1-32-24(31)17-29-14-12-22(13-15-29)30(16-19-6-4-3-5-7-19)26-28-23(18-34-26)20-8-10-21(11-9-20)25(27)33-2/h3-11,18,22,27H,12-17H2,1-2H3. The molecule has 0 bridgehead atoms. The first-order valence-electron chi connectivity index (χ1n) is 11.4. The van der Waals surface area contributed by atoms with E-state index in [1.165, 1.54) is 19.8 Å². The van der Waals surface area contributed by atoms with Gasteiger partial charge in [0.25, 0.3) is 0 Å². The Morgan fingerprint density at radius 3 is 2.44 bits per heavy atom. The fraction of sp³-hybridized carbons (Fsp3) is 0.346. The van der Waals surface area contributed by atoms with Crippen LogP contribution in [0.3, 0.4) is 0 Å². The van der Waals surface area contributed by atoms with Crippen molar-refractivity contribution >= 4 is 28.3 Å². The summed E-state index contributed by atoms with van der Waals surface area (Å²) >= 11 is 1.66. The van der Waals surface area contributed by atoms with Gasteiger partial charge in [0.2, 0.25) is 5.90 Å². The highest BCUT2D eigenvalue weighted by molar-refractivity contribution is 7.14. The largest absolute Gasteiger partial charge is 0.481 e. The number of rotatable bonds is 8. The number of esters is 1. The molecule has 0 aliphatic carbocycles. The van der Waals surface area contributed by atoms with Gasteiger partial charge >= 0.3 is 5.97 Å². The summed E-state index contributed by atoms with van der Waals surface area (Å²) in [5.74, 6) is -0.0334. The Labute approximate surface area is 204 Å². The van der Waals surface area contributed by atoms with Gasteiger partial charge in [-0.3, -0.25) is 15.1 Å². The molecule has 1 fully saturated rings. The average molecular weight is 479 g/mol. The van der Waals surface area contributed by atoms with E-state index in [2.05, 4.69) is 39.4 Å². The fourth-order valence-electron chi connectivity index (χ4n) is 4.21. The second-order valence-electron chi connectivity index (χ2n) is 8.32. The van der Waals surface area contributed by atoms with Crippen molar-refractivity contribution in [1.82, 2.24) is 9.88 Å². The van der Waals surface area contributed by atoms with Crippen molar-refractivity contribution in [2.24, 2.45) is 0 Å². The zero-order valence-corrected chi connectivity index (χ0v) is 20.4. The van der Waals surface area contributed by atoms with Crippen LogP contribution >= 0.6 is 11.3 Å². The van der Waals surface area contributed by atoms with Gasteiger partial charge in [0.15, 0.2) is 5.13 Å². The number of piperidine rings is 1. The Bertz CT molecular complexity index is 1090. The van der Waals surface area contributed by atoms with Crippen LogP contribution in [0, 0.1) is 5.41 Å². The van der Waals surface area contributed by atoms with Crippen LogP contribution in [0.1, 0.15) is 24.0 Å². The molecule has 0 unspecified atom stereocenters. The third-order valence-corrected chi connectivity index (χ3v) is 7.04. The van der Waals surface area contributed by atoms with Gasteiger partial charge in [0, 0.05) is 42.2 Å². The maximum atomic E-state index is 11.7. The molecule has 2 heterocycles. The van der Waals surface area contributed by atoms with Crippen molar-refractivity contribution in [1.29, 1.82) is 5.41 Å². The summed E-state index contributed by atoms with van der Waals surface area (Å²) in [4.78, 5) is 21.2. The first-order chi connectivity index (χ1) is 16.6. The smallest absolute Gasteiger partial charge is 0.319 e. The predicted octanol–water partition coefficient (Wildman–Crippen LogP) is 4.43. The van der Waals surface area contributed by atoms with Crippen LogP contribution in [0.2, 0.25) is 0 Å². The number of carbonyl (C=O) groups excluding carboxylic acids is 1. The van der Waals surface area contributed by atoms with Gasteiger partial charge in [-0.2, -0.15) is 0 Å². The van der Waals surface area contributed by atoms with Gasteiger partial charge < -0.3 is 14.4 Å². The molecule has 0 radical (unpaired) electrons. The predicted molar refractivity (Wildman–Crippen MR) is 135 cm³/mol. The number of aromatic nitrogens is 1. The number of hydrogen-bond donors (Lipinski definition) is 1. The number of anilines is 1. The molecule has 1 aromatic heterocycles. The molecule has 0 atom stereocenters. The Morgan fingerprint density at radius 1 is 1.09 bits per heavy atom. The molecule has 1 saturated heterocycles. The first-order valence-corrected chi connectivity index (χ1v) is 12.2. The summed E-state index contributed by atoms with van der Waals surface area (Å²) in [6.07, 6.45) is 1.93. The van der Waals surface area contributed by atoms with Crippen molar-refractivity contribution in [2.45, 2.75) is 25.4 Å². The lowest BCUT2D eigenvalue weighted by molar-refractivity contribution is -0.142. The number of benzene rings is 2. The SMILES string of the molecule is COC(=N)c1ccc(-c2csc(N(Cc3ccccc3)C3CCN(CC(=O)OC)CC3)n2)cc1. The van der Waals surface area contributed by atoms with Crippen molar-refractivity contribution in [2.75, 3.05) is 38.8 Å². The van der Waals surface area contributed by atoms with Crippen LogP contribution in [-0.2, 0) is 20.8 Å². The summed E-state index contributed by atoms with van der Waals surface area (Å²) in [5.41, 5.74) is 3.93. The van der Waals surface area contributed by atoms with Gasteiger partial charge in [-0.1, -0.05) is 42.5 Å². The Morgan fingerprint density at radius 2 is 1.79 bits per heavy atom. The normalized spacial score (nSPS) is 14.5. The molecule has 2 aromatic carbocycles. The molecule has 7 nitrogen and oxygen atoms in total. The van der Waals surface area contributed by atoms with E-state index in [-0.39, 0.29) is 11.9 Å².